The maximum absolute atomic E-state index is 13.6. The third-order valence-electron chi connectivity index (χ3n) is 7.63. The lowest BCUT2D eigenvalue weighted by molar-refractivity contribution is -0.140. The van der Waals surface area contributed by atoms with Gasteiger partial charge in [0, 0.05) is 31.7 Å². The molecular formula is C33H44N2O7. The quantitative estimate of drug-likeness (QED) is 0.151. The van der Waals surface area contributed by atoms with E-state index in [0.29, 0.717) is 61.3 Å². The maximum atomic E-state index is 13.6. The smallest absolute Gasteiger partial charge is 0.295 e. The number of carbonyl (C=O) groups excluding carboxylic acids is 2. The van der Waals surface area contributed by atoms with Crippen molar-refractivity contribution in [1.82, 2.24) is 9.80 Å². The Bertz CT molecular complexity index is 1280. The fraction of sp³-hybridized carbons (Fsp3) is 0.515. The molecule has 4 rings (SSSR count). The molecule has 9 nitrogen and oxygen atoms in total. The molecule has 228 valence electrons. The number of rotatable bonds is 13. The molecule has 1 amide bonds. The van der Waals surface area contributed by atoms with Gasteiger partial charge in [0.2, 0.25) is 0 Å². The van der Waals surface area contributed by atoms with E-state index in [4.69, 9.17) is 18.9 Å². The standard InChI is InChI=1S/C33H44N2O7/c1-6-7-8-17-41-27-12-9-24(21-28(27)39-5)30-29(31(36)26-11-10-25(20-23(26)4)42-22(2)3)32(37)33(38)35(30)14-13-34-15-18-40-19-16-34/h9-12,20-22,30,36H,6-8,13-19H2,1-5H3/b31-29+. The van der Waals surface area contributed by atoms with Crippen molar-refractivity contribution in [1.29, 1.82) is 0 Å². The summed E-state index contributed by atoms with van der Waals surface area (Å²) in [5.41, 5.74) is 1.93. The molecule has 1 unspecified atom stereocenters. The van der Waals surface area contributed by atoms with Gasteiger partial charge < -0.3 is 29.0 Å². The highest BCUT2D eigenvalue weighted by atomic mass is 16.5. The highest BCUT2D eigenvalue weighted by molar-refractivity contribution is 6.46. The van der Waals surface area contributed by atoms with Crippen molar-refractivity contribution in [3.63, 3.8) is 0 Å². The lowest BCUT2D eigenvalue weighted by Gasteiger charge is -2.31. The monoisotopic (exact) mass is 580 g/mol. The number of nitrogens with zero attached hydrogens (tertiary/aromatic N) is 2. The molecule has 0 bridgehead atoms. The summed E-state index contributed by atoms with van der Waals surface area (Å²) >= 11 is 0. The van der Waals surface area contributed by atoms with Gasteiger partial charge in [-0.2, -0.15) is 0 Å². The average Bonchev–Trinajstić information content (AvgIpc) is 3.23. The number of aryl methyl sites for hydroxylation is 1. The summed E-state index contributed by atoms with van der Waals surface area (Å²) in [4.78, 5) is 30.9. The van der Waals surface area contributed by atoms with Crippen molar-refractivity contribution < 1.29 is 33.6 Å². The van der Waals surface area contributed by atoms with Gasteiger partial charge in [0.1, 0.15) is 11.5 Å². The van der Waals surface area contributed by atoms with E-state index in [2.05, 4.69) is 11.8 Å². The summed E-state index contributed by atoms with van der Waals surface area (Å²) in [6, 6.07) is 9.98. The number of unbranched alkanes of at least 4 members (excludes halogenated alkanes) is 2. The fourth-order valence-electron chi connectivity index (χ4n) is 5.43. The summed E-state index contributed by atoms with van der Waals surface area (Å²) in [5, 5.41) is 11.6. The van der Waals surface area contributed by atoms with Crippen LogP contribution in [0.15, 0.2) is 42.0 Å². The molecule has 0 spiro atoms. The van der Waals surface area contributed by atoms with Crippen LogP contribution in [-0.2, 0) is 14.3 Å². The minimum absolute atomic E-state index is 0.00536. The minimum atomic E-state index is -0.792. The Morgan fingerprint density at radius 1 is 1.05 bits per heavy atom. The van der Waals surface area contributed by atoms with E-state index in [1.165, 1.54) is 0 Å². The van der Waals surface area contributed by atoms with Gasteiger partial charge >= 0.3 is 0 Å². The van der Waals surface area contributed by atoms with Crippen molar-refractivity contribution >= 4 is 17.4 Å². The van der Waals surface area contributed by atoms with E-state index in [1.807, 2.05) is 39.0 Å². The number of likely N-dealkylation sites (tertiary alicyclic amines) is 1. The first-order valence-electron chi connectivity index (χ1n) is 14.9. The zero-order valence-corrected chi connectivity index (χ0v) is 25.5. The lowest BCUT2D eigenvalue weighted by Crippen LogP contribution is -2.42. The Labute approximate surface area is 249 Å². The molecule has 2 aliphatic heterocycles. The maximum Gasteiger partial charge on any atom is 0.295 e. The van der Waals surface area contributed by atoms with Gasteiger partial charge in [0.15, 0.2) is 11.5 Å². The van der Waals surface area contributed by atoms with E-state index < -0.39 is 17.7 Å². The number of aliphatic hydroxyl groups is 1. The lowest BCUT2D eigenvalue weighted by atomic mass is 9.93. The van der Waals surface area contributed by atoms with Crippen LogP contribution in [0.3, 0.4) is 0 Å². The van der Waals surface area contributed by atoms with Gasteiger partial charge in [-0.1, -0.05) is 25.8 Å². The Morgan fingerprint density at radius 2 is 1.81 bits per heavy atom. The molecule has 9 heteroatoms. The van der Waals surface area contributed by atoms with Gasteiger partial charge in [0.05, 0.1) is 44.6 Å². The molecule has 0 aromatic heterocycles. The molecule has 2 aliphatic rings. The number of amides is 1. The average molecular weight is 581 g/mol. The second-order valence-electron chi connectivity index (χ2n) is 11.1. The van der Waals surface area contributed by atoms with Crippen LogP contribution in [0.1, 0.15) is 62.8 Å². The number of hydrogen-bond donors (Lipinski definition) is 1. The summed E-state index contributed by atoms with van der Waals surface area (Å²) < 4.78 is 22.9. The first-order chi connectivity index (χ1) is 20.2. The van der Waals surface area contributed by atoms with Crippen molar-refractivity contribution in [2.75, 3.05) is 53.1 Å². The highest BCUT2D eigenvalue weighted by Crippen LogP contribution is 2.42. The van der Waals surface area contributed by atoms with Gasteiger partial charge in [-0.05, 0) is 68.7 Å². The third-order valence-corrected chi connectivity index (χ3v) is 7.63. The molecule has 0 saturated carbocycles. The van der Waals surface area contributed by atoms with Crippen LogP contribution in [0.5, 0.6) is 17.2 Å². The summed E-state index contributed by atoms with van der Waals surface area (Å²) in [6.45, 7) is 12.1. The van der Waals surface area contributed by atoms with Gasteiger partial charge in [0.25, 0.3) is 11.7 Å². The normalized spacial score (nSPS) is 19.0. The molecule has 1 N–H and O–H groups in total. The summed E-state index contributed by atoms with van der Waals surface area (Å²) in [5.74, 6) is 0.222. The van der Waals surface area contributed by atoms with E-state index in [0.717, 1.165) is 37.9 Å². The van der Waals surface area contributed by atoms with E-state index in [-0.39, 0.29) is 17.4 Å². The minimum Gasteiger partial charge on any atom is -0.507 e. The van der Waals surface area contributed by atoms with Crippen LogP contribution < -0.4 is 14.2 Å². The molecule has 2 heterocycles. The summed E-state index contributed by atoms with van der Waals surface area (Å²) in [6.07, 6.45) is 3.09. The zero-order valence-electron chi connectivity index (χ0n) is 25.5. The number of methoxy groups -OCH3 is 1. The van der Waals surface area contributed by atoms with E-state index in [9.17, 15) is 14.7 Å². The van der Waals surface area contributed by atoms with Crippen molar-refractivity contribution in [3.8, 4) is 17.2 Å². The first kappa shape index (κ1) is 31.4. The zero-order chi connectivity index (χ0) is 30.2. The predicted molar refractivity (Wildman–Crippen MR) is 161 cm³/mol. The van der Waals surface area contributed by atoms with Gasteiger partial charge in [-0.25, -0.2) is 0 Å². The van der Waals surface area contributed by atoms with Gasteiger partial charge in [-0.3, -0.25) is 14.5 Å². The SMILES string of the molecule is CCCCCOc1ccc(C2/C(=C(\O)c3ccc(OC(C)C)cc3C)C(=O)C(=O)N2CCN2CCOCC2)cc1OC. The number of carbonyl (C=O) groups is 2. The third kappa shape index (κ3) is 7.25. The topological polar surface area (TPSA) is 97.8 Å². The molecule has 42 heavy (non-hydrogen) atoms. The number of ketones is 1. The number of ether oxygens (including phenoxy) is 4. The molecule has 1 atom stereocenters. The Hall–Kier alpha value is -3.56. The number of hydrogen-bond acceptors (Lipinski definition) is 8. The van der Waals surface area contributed by atoms with E-state index in [1.54, 1.807) is 30.2 Å². The number of aliphatic hydroxyl groups excluding tert-OH is 1. The Kier molecular flexibility index (Phi) is 10.9. The predicted octanol–water partition coefficient (Wildman–Crippen LogP) is 5.11. The second-order valence-corrected chi connectivity index (χ2v) is 11.1. The summed E-state index contributed by atoms with van der Waals surface area (Å²) in [7, 11) is 1.57. The second kappa shape index (κ2) is 14.6. The number of morpholine rings is 1. The van der Waals surface area contributed by atoms with E-state index >= 15 is 0 Å². The fourth-order valence-corrected chi connectivity index (χ4v) is 5.43. The van der Waals surface area contributed by atoms with Crippen molar-refractivity contribution in [3.05, 3.63) is 58.7 Å². The number of Topliss-reactive ketones (excluding diaryl/α,β-unsaturated/α-hetero) is 1. The molecule has 0 radical (unpaired) electrons. The van der Waals surface area contributed by atoms with Crippen molar-refractivity contribution in [2.24, 2.45) is 0 Å². The van der Waals surface area contributed by atoms with Crippen molar-refractivity contribution in [2.45, 2.75) is 59.1 Å². The van der Waals surface area contributed by atoms with Gasteiger partial charge in [-0.15, -0.1) is 0 Å². The molecule has 2 fully saturated rings. The number of benzene rings is 2. The molecule has 2 aromatic rings. The van der Waals surface area contributed by atoms with Crippen LogP contribution in [-0.4, -0.2) is 85.8 Å². The van der Waals surface area contributed by atoms with Crippen LogP contribution >= 0.6 is 0 Å². The largest absolute Gasteiger partial charge is 0.507 e. The first-order valence-corrected chi connectivity index (χ1v) is 14.9. The van der Waals surface area contributed by atoms with Crippen LogP contribution in [0.25, 0.3) is 5.76 Å². The molecule has 2 saturated heterocycles. The van der Waals surface area contributed by atoms with Crippen LogP contribution in [0.2, 0.25) is 0 Å². The van der Waals surface area contributed by atoms with Crippen LogP contribution in [0, 0.1) is 6.92 Å². The molecular weight excluding hydrogens is 536 g/mol. The molecule has 2 aromatic carbocycles. The highest BCUT2D eigenvalue weighted by Gasteiger charge is 2.46. The Balaban J connectivity index is 1.74. The molecule has 0 aliphatic carbocycles. The van der Waals surface area contributed by atoms with Crippen LogP contribution in [0.4, 0.5) is 0 Å². The Morgan fingerprint density at radius 3 is 2.48 bits per heavy atom.